The first-order valence-corrected chi connectivity index (χ1v) is 5.01. The van der Waals surface area contributed by atoms with Crippen LogP contribution in [0.25, 0.3) is 11.3 Å². The van der Waals surface area contributed by atoms with Crippen molar-refractivity contribution in [3.05, 3.63) is 41.9 Å². The summed E-state index contributed by atoms with van der Waals surface area (Å²) in [6.07, 6.45) is 2.38. The molecule has 0 aliphatic carbocycles. The largest absolute Gasteiger partial charge is 0.396 e. The molecule has 78 valence electrons. The molecular formula is C12H14N2O. The monoisotopic (exact) mass is 202 g/mol. The highest BCUT2D eigenvalue weighted by Gasteiger charge is 2.01. The summed E-state index contributed by atoms with van der Waals surface area (Å²) >= 11 is 0. The number of hydrogen-bond donors (Lipinski definition) is 2. The third kappa shape index (κ3) is 2.25. The summed E-state index contributed by atoms with van der Waals surface area (Å²) < 4.78 is 0. The fourth-order valence-electron chi connectivity index (χ4n) is 1.48. The summed E-state index contributed by atoms with van der Waals surface area (Å²) in [4.78, 5) is 7.37. The Kier molecular flexibility index (Phi) is 2.83. The number of aromatic amines is 1. The van der Waals surface area contributed by atoms with Crippen molar-refractivity contribution in [2.24, 2.45) is 0 Å². The minimum atomic E-state index is 0.126. The van der Waals surface area contributed by atoms with Crippen molar-refractivity contribution in [2.75, 3.05) is 6.61 Å². The Labute approximate surface area is 88.8 Å². The zero-order valence-electron chi connectivity index (χ0n) is 8.70. The number of aliphatic hydroxyl groups excluding tert-OH is 1. The first-order chi connectivity index (χ1) is 7.29. The van der Waals surface area contributed by atoms with E-state index in [0.29, 0.717) is 6.42 Å². The molecule has 0 bridgehead atoms. The van der Waals surface area contributed by atoms with Crippen molar-refractivity contribution >= 4 is 0 Å². The Morgan fingerprint density at radius 1 is 1.27 bits per heavy atom. The van der Waals surface area contributed by atoms with Crippen LogP contribution >= 0.6 is 0 Å². The van der Waals surface area contributed by atoms with Crippen molar-refractivity contribution in [3.63, 3.8) is 0 Å². The van der Waals surface area contributed by atoms with Gasteiger partial charge in [0.05, 0.1) is 18.5 Å². The van der Waals surface area contributed by atoms with E-state index in [1.165, 1.54) is 5.56 Å². The van der Waals surface area contributed by atoms with Gasteiger partial charge < -0.3 is 10.1 Å². The molecule has 2 rings (SSSR count). The van der Waals surface area contributed by atoms with Gasteiger partial charge in [0.15, 0.2) is 0 Å². The predicted molar refractivity (Wildman–Crippen MR) is 59.6 cm³/mol. The molecule has 3 nitrogen and oxygen atoms in total. The minimum Gasteiger partial charge on any atom is -0.396 e. The van der Waals surface area contributed by atoms with Crippen LogP contribution in [-0.4, -0.2) is 21.7 Å². The molecule has 1 heterocycles. The lowest BCUT2D eigenvalue weighted by atomic mass is 10.1. The number of rotatable bonds is 3. The molecule has 0 saturated heterocycles. The van der Waals surface area contributed by atoms with Crippen LogP contribution in [0.5, 0.6) is 0 Å². The van der Waals surface area contributed by atoms with Crippen molar-refractivity contribution in [2.45, 2.75) is 13.3 Å². The van der Waals surface area contributed by atoms with Gasteiger partial charge in [0.25, 0.3) is 0 Å². The smallest absolute Gasteiger partial charge is 0.108 e. The number of aliphatic hydroxyl groups is 1. The first kappa shape index (κ1) is 9.93. The normalized spacial score (nSPS) is 10.5. The molecule has 0 spiro atoms. The maximum Gasteiger partial charge on any atom is 0.108 e. The predicted octanol–water partition coefficient (Wildman–Crippen LogP) is 1.92. The summed E-state index contributed by atoms with van der Waals surface area (Å²) in [5, 5.41) is 8.78. The van der Waals surface area contributed by atoms with Crippen LogP contribution in [0.2, 0.25) is 0 Å². The average molecular weight is 202 g/mol. The van der Waals surface area contributed by atoms with Gasteiger partial charge in [0.1, 0.15) is 5.82 Å². The number of nitrogens with zero attached hydrogens (tertiary/aromatic N) is 1. The minimum absolute atomic E-state index is 0.126. The SMILES string of the molecule is Cc1ccc(-c2cnc(CCO)[nH]2)cc1. The molecule has 0 fully saturated rings. The number of imidazole rings is 1. The highest BCUT2D eigenvalue weighted by molar-refractivity contribution is 5.58. The molecule has 0 saturated carbocycles. The lowest BCUT2D eigenvalue weighted by Crippen LogP contribution is -1.92. The third-order valence-corrected chi connectivity index (χ3v) is 2.34. The van der Waals surface area contributed by atoms with E-state index >= 15 is 0 Å². The second kappa shape index (κ2) is 4.28. The van der Waals surface area contributed by atoms with Crippen LogP contribution < -0.4 is 0 Å². The molecule has 1 aromatic carbocycles. The van der Waals surface area contributed by atoms with Crippen molar-refractivity contribution in [1.82, 2.24) is 9.97 Å². The van der Waals surface area contributed by atoms with Gasteiger partial charge in [-0.3, -0.25) is 0 Å². The second-order valence-corrected chi connectivity index (χ2v) is 3.58. The Morgan fingerprint density at radius 2 is 2.00 bits per heavy atom. The second-order valence-electron chi connectivity index (χ2n) is 3.58. The van der Waals surface area contributed by atoms with E-state index in [-0.39, 0.29) is 6.61 Å². The Balaban J connectivity index is 2.25. The van der Waals surface area contributed by atoms with E-state index in [1.807, 2.05) is 0 Å². The topological polar surface area (TPSA) is 48.9 Å². The van der Waals surface area contributed by atoms with Gasteiger partial charge in [-0.15, -0.1) is 0 Å². The maximum absolute atomic E-state index is 8.78. The average Bonchev–Trinajstić information content (AvgIpc) is 2.68. The van der Waals surface area contributed by atoms with Crippen molar-refractivity contribution in [3.8, 4) is 11.3 Å². The van der Waals surface area contributed by atoms with Gasteiger partial charge in [-0.1, -0.05) is 29.8 Å². The number of nitrogens with one attached hydrogen (secondary N) is 1. The van der Waals surface area contributed by atoms with Gasteiger partial charge in [0, 0.05) is 6.42 Å². The lowest BCUT2D eigenvalue weighted by Gasteiger charge is -1.97. The van der Waals surface area contributed by atoms with Gasteiger partial charge in [-0.25, -0.2) is 4.98 Å². The van der Waals surface area contributed by atoms with E-state index in [4.69, 9.17) is 5.11 Å². The summed E-state index contributed by atoms with van der Waals surface area (Å²) in [5.41, 5.74) is 3.37. The molecule has 3 heteroatoms. The van der Waals surface area contributed by atoms with E-state index in [9.17, 15) is 0 Å². The highest BCUT2D eigenvalue weighted by Crippen LogP contribution is 2.17. The van der Waals surface area contributed by atoms with E-state index in [1.54, 1.807) is 6.20 Å². The number of aryl methyl sites for hydroxylation is 1. The standard InChI is InChI=1S/C12H14N2O/c1-9-2-4-10(5-3-9)11-8-13-12(14-11)6-7-15/h2-5,8,15H,6-7H2,1H3,(H,13,14). The van der Waals surface area contributed by atoms with Crippen LogP contribution in [-0.2, 0) is 6.42 Å². The van der Waals surface area contributed by atoms with Crippen LogP contribution in [0.15, 0.2) is 30.5 Å². The molecule has 2 aromatic rings. The van der Waals surface area contributed by atoms with Crippen LogP contribution in [0.1, 0.15) is 11.4 Å². The van der Waals surface area contributed by atoms with Gasteiger partial charge >= 0.3 is 0 Å². The maximum atomic E-state index is 8.78. The summed E-state index contributed by atoms with van der Waals surface area (Å²) in [5.74, 6) is 0.827. The Hall–Kier alpha value is -1.61. The van der Waals surface area contributed by atoms with Gasteiger partial charge in [-0.05, 0) is 12.5 Å². The Bertz CT molecular complexity index is 431. The fraction of sp³-hybridized carbons (Fsp3) is 0.250. The fourth-order valence-corrected chi connectivity index (χ4v) is 1.48. The quantitative estimate of drug-likeness (QED) is 0.798. The first-order valence-electron chi connectivity index (χ1n) is 5.01. The third-order valence-electron chi connectivity index (χ3n) is 2.34. The van der Waals surface area contributed by atoms with Gasteiger partial charge in [0.2, 0.25) is 0 Å². The molecular weight excluding hydrogens is 188 g/mol. The molecule has 0 aliphatic heterocycles. The number of hydrogen-bond acceptors (Lipinski definition) is 2. The lowest BCUT2D eigenvalue weighted by molar-refractivity contribution is 0.297. The van der Waals surface area contributed by atoms with Crippen LogP contribution in [0.4, 0.5) is 0 Å². The molecule has 0 aliphatic rings. The summed E-state index contributed by atoms with van der Waals surface area (Å²) in [6, 6.07) is 8.26. The number of H-pyrrole nitrogens is 1. The molecule has 0 amide bonds. The number of benzene rings is 1. The highest BCUT2D eigenvalue weighted by atomic mass is 16.3. The van der Waals surface area contributed by atoms with E-state index < -0.39 is 0 Å². The molecule has 0 unspecified atom stereocenters. The summed E-state index contributed by atoms with van der Waals surface area (Å²) in [6.45, 7) is 2.19. The zero-order valence-corrected chi connectivity index (χ0v) is 8.70. The van der Waals surface area contributed by atoms with E-state index in [0.717, 1.165) is 17.1 Å². The van der Waals surface area contributed by atoms with E-state index in [2.05, 4.69) is 41.2 Å². The zero-order chi connectivity index (χ0) is 10.7. The molecule has 15 heavy (non-hydrogen) atoms. The van der Waals surface area contributed by atoms with Crippen molar-refractivity contribution in [1.29, 1.82) is 0 Å². The van der Waals surface area contributed by atoms with Crippen LogP contribution in [0, 0.1) is 6.92 Å². The summed E-state index contributed by atoms with van der Waals surface area (Å²) in [7, 11) is 0. The van der Waals surface area contributed by atoms with Crippen molar-refractivity contribution < 1.29 is 5.11 Å². The molecule has 0 radical (unpaired) electrons. The van der Waals surface area contributed by atoms with Crippen LogP contribution in [0.3, 0.4) is 0 Å². The Morgan fingerprint density at radius 3 is 2.67 bits per heavy atom. The molecule has 0 atom stereocenters. The molecule has 1 aromatic heterocycles. The molecule has 2 N–H and O–H groups in total. The number of aromatic nitrogens is 2. The van der Waals surface area contributed by atoms with Gasteiger partial charge in [-0.2, -0.15) is 0 Å².